The molecule has 0 aromatic heterocycles. The summed E-state index contributed by atoms with van der Waals surface area (Å²) in [5, 5.41) is 2.52. The molecule has 5 nitrogen and oxygen atoms in total. The number of esters is 1. The average molecular weight is 363 g/mol. The molecule has 1 N–H and O–H groups in total. The molecule has 2 aromatic rings. The van der Waals surface area contributed by atoms with Gasteiger partial charge in [0.15, 0.2) is 6.61 Å². The highest BCUT2D eigenvalue weighted by molar-refractivity contribution is 5.91. The van der Waals surface area contributed by atoms with Gasteiger partial charge >= 0.3 is 5.97 Å². The maximum absolute atomic E-state index is 13.4. The highest BCUT2D eigenvalue weighted by Gasteiger charge is 2.15. The van der Waals surface area contributed by atoms with E-state index < -0.39 is 35.7 Å². The summed E-state index contributed by atoms with van der Waals surface area (Å²) in [6, 6.07) is 8.23. The molecule has 0 unspecified atom stereocenters. The van der Waals surface area contributed by atoms with Crippen molar-refractivity contribution in [2.24, 2.45) is 0 Å². The second-order valence-corrected chi connectivity index (χ2v) is 5.67. The van der Waals surface area contributed by atoms with E-state index in [-0.39, 0.29) is 13.2 Å². The maximum Gasteiger partial charge on any atom is 0.341 e. The lowest BCUT2D eigenvalue weighted by Crippen LogP contribution is -2.32. The van der Waals surface area contributed by atoms with Crippen molar-refractivity contribution in [3.8, 4) is 5.75 Å². The molecule has 0 radical (unpaired) electrons. The Morgan fingerprint density at radius 3 is 2.54 bits per heavy atom. The topological polar surface area (TPSA) is 64.6 Å². The van der Waals surface area contributed by atoms with E-state index in [1.807, 2.05) is 32.0 Å². The summed E-state index contributed by atoms with van der Waals surface area (Å²) in [5.41, 5.74) is 1.69. The predicted molar refractivity (Wildman–Crippen MR) is 91.1 cm³/mol. The van der Waals surface area contributed by atoms with Gasteiger partial charge in [0.05, 0.1) is 12.1 Å². The van der Waals surface area contributed by atoms with E-state index in [2.05, 4.69) is 5.32 Å². The van der Waals surface area contributed by atoms with Crippen LogP contribution in [0.5, 0.6) is 5.75 Å². The van der Waals surface area contributed by atoms with Crippen molar-refractivity contribution < 1.29 is 27.8 Å². The minimum absolute atomic E-state index is 0.217. The number of hydrogen-bond donors (Lipinski definition) is 1. The van der Waals surface area contributed by atoms with Crippen LogP contribution in [-0.2, 0) is 9.53 Å². The van der Waals surface area contributed by atoms with Crippen LogP contribution in [0, 0.1) is 25.5 Å². The van der Waals surface area contributed by atoms with Gasteiger partial charge in [0.25, 0.3) is 5.91 Å². The summed E-state index contributed by atoms with van der Waals surface area (Å²) in [7, 11) is 0. The van der Waals surface area contributed by atoms with Gasteiger partial charge in [-0.15, -0.1) is 0 Å². The second-order valence-electron chi connectivity index (χ2n) is 5.67. The Labute approximate surface area is 149 Å². The summed E-state index contributed by atoms with van der Waals surface area (Å²) in [4.78, 5) is 23.3. The van der Waals surface area contributed by atoms with Gasteiger partial charge in [0.1, 0.15) is 24.0 Å². The number of amides is 1. The van der Waals surface area contributed by atoms with Crippen LogP contribution in [0.4, 0.5) is 8.78 Å². The first-order valence-electron chi connectivity index (χ1n) is 7.95. The third-order valence-corrected chi connectivity index (χ3v) is 3.50. The lowest BCUT2D eigenvalue weighted by Gasteiger charge is -2.11. The molecule has 138 valence electrons. The van der Waals surface area contributed by atoms with E-state index in [1.165, 1.54) is 0 Å². The van der Waals surface area contributed by atoms with Gasteiger partial charge in [0, 0.05) is 6.07 Å². The molecule has 0 saturated carbocycles. The predicted octanol–water partition coefficient (Wildman–Crippen LogP) is 2.93. The van der Waals surface area contributed by atoms with Gasteiger partial charge in [-0.25, -0.2) is 13.6 Å². The van der Waals surface area contributed by atoms with E-state index in [0.717, 1.165) is 29.0 Å². The number of carbonyl (C=O) groups is 2. The van der Waals surface area contributed by atoms with Gasteiger partial charge < -0.3 is 14.8 Å². The third kappa shape index (κ3) is 5.54. The minimum Gasteiger partial charge on any atom is -0.491 e. The summed E-state index contributed by atoms with van der Waals surface area (Å²) in [6.07, 6.45) is 0. The highest BCUT2D eigenvalue weighted by Crippen LogP contribution is 2.18. The molecule has 26 heavy (non-hydrogen) atoms. The lowest BCUT2D eigenvalue weighted by atomic mass is 10.1. The van der Waals surface area contributed by atoms with Crippen molar-refractivity contribution in [1.82, 2.24) is 5.32 Å². The van der Waals surface area contributed by atoms with Crippen molar-refractivity contribution in [1.29, 1.82) is 0 Å². The SMILES string of the molecule is Cc1ccc(OCCNC(=O)COC(=O)c2ccc(F)cc2F)c(C)c1. The molecule has 0 heterocycles. The second kappa shape index (κ2) is 8.94. The van der Waals surface area contributed by atoms with Crippen molar-refractivity contribution in [2.75, 3.05) is 19.8 Å². The Hall–Kier alpha value is -2.96. The zero-order chi connectivity index (χ0) is 19.1. The van der Waals surface area contributed by atoms with Crippen molar-refractivity contribution in [3.63, 3.8) is 0 Å². The van der Waals surface area contributed by atoms with Crippen LogP contribution < -0.4 is 10.1 Å². The largest absolute Gasteiger partial charge is 0.491 e. The van der Waals surface area contributed by atoms with Gasteiger partial charge in [0.2, 0.25) is 0 Å². The fraction of sp³-hybridized carbons (Fsp3) is 0.263. The van der Waals surface area contributed by atoms with Crippen LogP contribution in [0.25, 0.3) is 0 Å². The Bertz CT molecular complexity index is 808. The number of aryl methyl sites for hydroxylation is 2. The summed E-state index contributed by atoms with van der Waals surface area (Å²) in [5.74, 6) is -2.71. The monoisotopic (exact) mass is 363 g/mol. The van der Waals surface area contributed by atoms with Crippen molar-refractivity contribution >= 4 is 11.9 Å². The third-order valence-electron chi connectivity index (χ3n) is 3.50. The number of hydrogen-bond acceptors (Lipinski definition) is 4. The molecule has 0 atom stereocenters. The number of ether oxygens (including phenoxy) is 2. The lowest BCUT2D eigenvalue weighted by molar-refractivity contribution is -0.124. The van der Waals surface area contributed by atoms with Crippen molar-refractivity contribution in [2.45, 2.75) is 13.8 Å². The average Bonchev–Trinajstić information content (AvgIpc) is 2.58. The van der Waals surface area contributed by atoms with Crippen LogP contribution in [0.3, 0.4) is 0 Å². The standard InChI is InChI=1S/C19H19F2NO4/c1-12-3-6-17(13(2)9-12)25-8-7-22-18(23)11-26-19(24)15-5-4-14(20)10-16(15)21/h3-6,9-10H,7-8,11H2,1-2H3,(H,22,23). The van der Waals surface area contributed by atoms with E-state index in [1.54, 1.807) is 0 Å². The molecule has 0 aliphatic heterocycles. The molecule has 2 aromatic carbocycles. The molecular formula is C19H19F2NO4. The Kier molecular flexibility index (Phi) is 6.66. The number of carbonyl (C=O) groups excluding carboxylic acids is 2. The van der Waals surface area contributed by atoms with Crippen LogP contribution >= 0.6 is 0 Å². The summed E-state index contributed by atoms with van der Waals surface area (Å²) < 4.78 is 36.5. The molecule has 0 saturated heterocycles. The zero-order valence-electron chi connectivity index (χ0n) is 14.5. The van der Waals surface area contributed by atoms with Crippen molar-refractivity contribution in [3.05, 3.63) is 64.7 Å². The first kappa shape index (κ1) is 19.4. The molecule has 7 heteroatoms. The first-order valence-corrected chi connectivity index (χ1v) is 7.95. The highest BCUT2D eigenvalue weighted by atomic mass is 19.1. The van der Waals surface area contributed by atoms with Gasteiger partial charge in [-0.1, -0.05) is 17.7 Å². The quantitative estimate of drug-likeness (QED) is 0.607. The zero-order valence-corrected chi connectivity index (χ0v) is 14.5. The first-order chi connectivity index (χ1) is 12.4. The van der Waals surface area contributed by atoms with Crippen LogP contribution in [-0.4, -0.2) is 31.6 Å². The van der Waals surface area contributed by atoms with Gasteiger partial charge in [-0.3, -0.25) is 4.79 Å². The molecule has 0 bridgehead atoms. The van der Waals surface area contributed by atoms with Crippen LogP contribution in [0.2, 0.25) is 0 Å². The molecular weight excluding hydrogens is 344 g/mol. The summed E-state index contributed by atoms with van der Waals surface area (Å²) in [6.45, 7) is 3.80. The van der Waals surface area contributed by atoms with Crippen LogP contribution in [0.15, 0.2) is 36.4 Å². The Morgan fingerprint density at radius 2 is 1.85 bits per heavy atom. The van der Waals surface area contributed by atoms with E-state index in [4.69, 9.17) is 9.47 Å². The van der Waals surface area contributed by atoms with Crippen LogP contribution in [0.1, 0.15) is 21.5 Å². The van der Waals surface area contributed by atoms with E-state index >= 15 is 0 Å². The smallest absolute Gasteiger partial charge is 0.341 e. The Balaban J connectivity index is 1.71. The van der Waals surface area contributed by atoms with Gasteiger partial charge in [-0.2, -0.15) is 0 Å². The number of nitrogens with one attached hydrogen (secondary N) is 1. The number of halogens is 2. The normalized spacial score (nSPS) is 10.3. The van der Waals surface area contributed by atoms with Gasteiger partial charge in [-0.05, 0) is 37.6 Å². The maximum atomic E-state index is 13.4. The summed E-state index contributed by atoms with van der Waals surface area (Å²) >= 11 is 0. The van der Waals surface area contributed by atoms with E-state index in [9.17, 15) is 18.4 Å². The Morgan fingerprint density at radius 1 is 1.08 bits per heavy atom. The fourth-order valence-corrected chi connectivity index (χ4v) is 2.23. The number of benzene rings is 2. The molecule has 0 aliphatic carbocycles. The molecule has 0 fully saturated rings. The molecule has 0 spiro atoms. The molecule has 1 amide bonds. The molecule has 0 aliphatic rings. The molecule has 2 rings (SSSR count). The minimum atomic E-state index is -1.04. The van der Waals surface area contributed by atoms with E-state index in [0.29, 0.717) is 6.07 Å². The number of rotatable bonds is 7. The fourth-order valence-electron chi connectivity index (χ4n) is 2.23.